The van der Waals surface area contributed by atoms with Crippen molar-refractivity contribution in [2.45, 2.75) is 50.6 Å². The Balaban J connectivity index is 0.000000176. The van der Waals surface area contributed by atoms with Crippen LogP contribution in [0.15, 0.2) is 37.4 Å². The second-order valence-electron chi connectivity index (χ2n) is 7.16. The Morgan fingerprint density at radius 1 is 1.25 bits per heavy atom. The second-order valence-corrected chi connectivity index (χ2v) is 7.16. The lowest BCUT2D eigenvalue weighted by Gasteiger charge is -2.53. The zero-order valence-corrected chi connectivity index (χ0v) is 14.5. The number of halogens is 2. The fourth-order valence-electron chi connectivity index (χ4n) is 3.17. The maximum atomic E-state index is 13.0. The SMILES string of the molecule is C=C.CC(F)(F)c1cccc(NC2CC2)c1.NC1CC2(CNC2)C1. The third-order valence-electron chi connectivity index (χ3n) is 4.71. The van der Waals surface area contributed by atoms with Gasteiger partial charge in [0, 0.05) is 43.3 Å². The molecule has 0 bridgehead atoms. The molecule has 0 unspecified atom stereocenters. The first-order chi connectivity index (χ1) is 11.4. The quantitative estimate of drug-likeness (QED) is 0.734. The molecular weight excluding hydrogens is 308 g/mol. The molecule has 1 spiro atoms. The predicted octanol–water partition coefficient (Wildman–Crippen LogP) is 3.87. The van der Waals surface area contributed by atoms with E-state index in [9.17, 15) is 8.78 Å². The van der Waals surface area contributed by atoms with Crippen LogP contribution in [0.4, 0.5) is 14.5 Å². The van der Waals surface area contributed by atoms with E-state index in [1.807, 2.05) is 6.07 Å². The van der Waals surface area contributed by atoms with E-state index in [0.29, 0.717) is 17.5 Å². The summed E-state index contributed by atoms with van der Waals surface area (Å²) in [6.45, 7) is 9.37. The van der Waals surface area contributed by atoms with Crippen LogP contribution in [-0.4, -0.2) is 25.2 Å². The standard InChI is InChI=1S/C11H13F2N.C6H12N2.C2H4/c1-11(12,13)8-3-2-4-10(7-8)14-9-5-6-9;7-5-1-6(2-5)3-8-4-6;1-2/h2-4,7,9,14H,5-6H2,1H3;5,8H,1-4,7H2;1-2H2. The number of rotatable bonds is 3. The summed E-state index contributed by atoms with van der Waals surface area (Å²) in [6.07, 6.45) is 4.82. The van der Waals surface area contributed by atoms with Gasteiger partial charge in [-0.25, -0.2) is 8.78 Å². The molecule has 3 fully saturated rings. The van der Waals surface area contributed by atoms with Gasteiger partial charge in [-0.1, -0.05) is 12.1 Å². The number of hydrogen-bond acceptors (Lipinski definition) is 3. The van der Waals surface area contributed by atoms with Crippen LogP contribution in [0, 0.1) is 5.41 Å². The predicted molar refractivity (Wildman–Crippen MR) is 96.4 cm³/mol. The van der Waals surface area contributed by atoms with Gasteiger partial charge in [0.05, 0.1) is 0 Å². The van der Waals surface area contributed by atoms with Crippen molar-refractivity contribution < 1.29 is 8.78 Å². The summed E-state index contributed by atoms with van der Waals surface area (Å²) in [5, 5.41) is 6.46. The number of hydrogen-bond donors (Lipinski definition) is 3. The lowest BCUT2D eigenvalue weighted by Crippen LogP contribution is -2.63. The maximum absolute atomic E-state index is 13.0. The summed E-state index contributed by atoms with van der Waals surface area (Å²) in [6, 6.07) is 7.49. The largest absolute Gasteiger partial charge is 0.382 e. The summed E-state index contributed by atoms with van der Waals surface area (Å²) in [5.74, 6) is -2.75. The van der Waals surface area contributed by atoms with Crippen molar-refractivity contribution in [1.82, 2.24) is 5.32 Å². The second kappa shape index (κ2) is 7.62. The number of anilines is 1. The minimum atomic E-state index is -2.75. The van der Waals surface area contributed by atoms with Crippen molar-refractivity contribution >= 4 is 5.69 Å². The van der Waals surface area contributed by atoms with Gasteiger partial charge < -0.3 is 16.4 Å². The number of alkyl halides is 2. The first-order valence-electron chi connectivity index (χ1n) is 8.58. The third kappa shape index (κ3) is 5.02. The highest BCUT2D eigenvalue weighted by molar-refractivity contribution is 5.48. The van der Waals surface area contributed by atoms with Crippen molar-refractivity contribution in [2.75, 3.05) is 18.4 Å². The Hall–Kier alpha value is -1.46. The van der Waals surface area contributed by atoms with Crippen molar-refractivity contribution in [1.29, 1.82) is 0 Å². The Morgan fingerprint density at radius 2 is 1.88 bits per heavy atom. The summed E-state index contributed by atoms with van der Waals surface area (Å²) >= 11 is 0. The van der Waals surface area contributed by atoms with E-state index in [2.05, 4.69) is 23.8 Å². The Kier molecular flexibility index (Phi) is 5.99. The molecule has 1 saturated heterocycles. The maximum Gasteiger partial charge on any atom is 0.270 e. The molecule has 5 heteroatoms. The fraction of sp³-hybridized carbons (Fsp3) is 0.579. The van der Waals surface area contributed by atoms with E-state index >= 15 is 0 Å². The lowest BCUT2D eigenvalue weighted by atomic mass is 9.62. The molecule has 1 aromatic rings. The van der Waals surface area contributed by atoms with E-state index in [0.717, 1.165) is 25.5 Å². The summed E-state index contributed by atoms with van der Waals surface area (Å²) in [7, 11) is 0. The molecule has 3 aliphatic rings. The highest BCUT2D eigenvalue weighted by atomic mass is 19.3. The van der Waals surface area contributed by atoms with Crippen molar-refractivity contribution in [3.8, 4) is 0 Å². The number of nitrogens with one attached hydrogen (secondary N) is 2. The van der Waals surface area contributed by atoms with Gasteiger partial charge in [-0.05, 0) is 43.2 Å². The fourth-order valence-corrected chi connectivity index (χ4v) is 3.17. The summed E-state index contributed by atoms with van der Waals surface area (Å²) < 4.78 is 25.9. The average molecular weight is 337 g/mol. The molecule has 0 amide bonds. The first-order valence-corrected chi connectivity index (χ1v) is 8.58. The molecule has 24 heavy (non-hydrogen) atoms. The minimum absolute atomic E-state index is 0.0724. The van der Waals surface area contributed by atoms with Crippen LogP contribution in [0.3, 0.4) is 0 Å². The molecule has 1 aliphatic heterocycles. The van der Waals surface area contributed by atoms with Gasteiger partial charge in [0.15, 0.2) is 0 Å². The molecule has 2 saturated carbocycles. The van der Waals surface area contributed by atoms with Gasteiger partial charge in [-0.2, -0.15) is 0 Å². The van der Waals surface area contributed by atoms with Gasteiger partial charge in [-0.15, -0.1) is 13.2 Å². The van der Waals surface area contributed by atoms with E-state index in [1.54, 1.807) is 6.07 Å². The van der Waals surface area contributed by atoms with Crippen LogP contribution in [0.2, 0.25) is 0 Å². The van der Waals surface area contributed by atoms with Gasteiger partial charge in [0.1, 0.15) is 0 Å². The monoisotopic (exact) mass is 337 g/mol. The highest BCUT2D eigenvalue weighted by Gasteiger charge is 2.46. The molecule has 1 heterocycles. The number of benzene rings is 1. The van der Waals surface area contributed by atoms with Crippen LogP contribution < -0.4 is 16.4 Å². The van der Waals surface area contributed by atoms with Crippen LogP contribution >= 0.6 is 0 Å². The minimum Gasteiger partial charge on any atom is -0.382 e. The van der Waals surface area contributed by atoms with Gasteiger partial charge in [-0.3, -0.25) is 0 Å². The Labute approximate surface area is 143 Å². The highest BCUT2D eigenvalue weighted by Crippen LogP contribution is 2.42. The van der Waals surface area contributed by atoms with Crippen LogP contribution in [0.5, 0.6) is 0 Å². The molecule has 0 aromatic heterocycles. The van der Waals surface area contributed by atoms with Crippen molar-refractivity contribution in [3.05, 3.63) is 43.0 Å². The molecule has 2 aliphatic carbocycles. The molecule has 1 aromatic carbocycles. The van der Waals surface area contributed by atoms with E-state index in [-0.39, 0.29) is 5.56 Å². The molecular formula is C19H29F2N3. The van der Waals surface area contributed by atoms with Crippen LogP contribution in [-0.2, 0) is 5.92 Å². The molecule has 4 N–H and O–H groups in total. The van der Waals surface area contributed by atoms with Crippen LogP contribution in [0.1, 0.15) is 38.2 Å². The summed E-state index contributed by atoms with van der Waals surface area (Å²) in [5.41, 5.74) is 7.19. The third-order valence-corrected chi connectivity index (χ3v) is 4.71. The first kappa shape index (κ1) is 18.9. The zero-order valence-electron chi connectivity index (χ0n) is 14.5. The van der Waals surface area contributed by atoms with Crippen molar-refractivity contribution in [2.24, 2.45) is 11.1 Å². The summed E-state index contributed by atoms with van der Waals surface area (Å²) in [4.78, 5) is 0. The number of nitrogens with two attached hydrogens (primary N) is 1. The smallest absolute Gasteiger partial charge is 0.270 e. The molecule has 3 nitrogen and oxygen atoms in total. The van der Waals surface area contributed by atoms with Gasteiger partial charge >= 0.3 is 0 Å². The topological polar surface area (TPSA) is 50.1 Å². The Morgan fingerprint density at radius 3 is 2.25 bits per heavy atom. The molecule has 4 rings (SSSR count). The molecule has 0 atom stereocenters. The molecule has 0 radical (unpaired) electrons. The average Bonchev–Trinajstić information content (AvgIpc) is 3.28. The zero-order chi connectivity index (χ0) is 17.8. The van der Waals surface area contributed by atoms with Crippen molar-refractivity contribution in [3.63, 3.8) is 0 Å². The van der Waals surface area contributed by atoms with E-state index in [1.165, 1.54) is 38.1 Å². The van der Waals surface area contributed by atoms with E-state index < -0.39 is 5.92 Å². The lowest BCUT2D eigenvalue weighted by molar-refractivity contribution is 0.0175. The van der Waals surface area contributed by atoms with Gasteiger partial charge in [0.25, 0.3) is 5.92 Å². The van der Waals surface area contributed by atoms with E-state index in [4.69, 9.17) is 5.73 Å². The Bertz CT molecular complexity index is 526. The van der Waals surface area contributed by atoms with Crippen LogP contribution in [0.25, 0.3) is 0 Å². The van der Waals surface area contributed by atoms with Gasteiger partial charge in [0.2, 0.25) is 0 Å². The molecule has 134 valence electrons. The normalized spacial score (nSPS) is 21.3.